The maximum absolute atomic E-state index is 11.0. The van der Waals surface area contributed by atoms with Gasteiger partial charge in [0.2, 0.25) is 0 Å². The standard InChI is InChI=1S/C5H8N4OS/c6-1-2-7-5(10)4-3-8-11-9-4/h3H,1-2,6H2,(H,7,10). The van der Waals surface area contributed by atoms with E-state index in [0.29, 0.717) is 18.8 Å². The molecule has 0 radical (unpaired) electrons. The lowest BCUT2D eigenvalue weighted by Crippen LogP contribution is -2.29. The van der Waals surface area contributed by atoms with Gasteiger partial charge in [-0.1, -0.05) is 0 Å². The number of nitrogens with one attached hydrogen (secondary N) is 1. The van der Waals surface area contributed by atoms with Crippen molar-refractivity contribution in [2.45, 2.75) is 0 Å². The Kier molecular flexibility index (Phi) is 2.94. The number of carbonyl (C=O) groups is 1. The van der Waals surface area contributed by atoms with Crippen LogP contribution in [0.5, 0.6) is 0 Å². The Labute approximate surface area is 67.9 Å². The van der Waals surface area contributed by atoms with Gasteiger partial charge in [-0.2, -0.15) is 8.75 Å². The Balaban J connectivity index is 2.43. The van der Waals surface area contributed by atoms with Crippen LogP contribution in [0.15, 0.2) is 6.20 Å². The second kappa shape index (κ2) is 3.99. The molecule has 1 heterocycles. The van der Waals surface area contributed by atoms with E-state index in [1.165, 1.54) is 6.20 Å². The summed E-state index contributed by atoms with van der Waals surface area (Å²) >= 11 is 1.01. The molecule has 1 aromatic heterocycles. The molecule has 0 saturated heterocycles. The summed E-state index contributed by atoms with van der Waals surface area (Å²) < 4.78 is 7.44. The first-order chi connectivity index (χ1) is 5.34. The number of carbonyl (C=O) groups excluding carboxylic acids is 1. The fraction of sp³-hybridized carbons (Fsp3) is 0.400. The number of aromatic nitrogens is 2. The smallest absolute Gasteiger partial charge is 0.272 e. The van der Waals surface area contributed by atoms with Crippen molar-refractivity contribution in [1.82, 2.24) is 14.1 Å². The molecule has 1 aromatic rings. The van der Waals surface area contributed by atoms with E-state index in [4.69, 9.17) is 5.73 Å². The zero-order chi connectivity index (χ0) is 8.10. The second-order valence-electron chi connectivity index (χ2n) is 1.84. The highest BCUT2D eigenvalue weighted by molar-refractivity contribution is 6.99. The van der Waals surface area contributed by atoms with Crippen molar-refractivity contribution in [3.63, 3.8) is 0 Å². The van der Waals surface area contributed by atoms with Crippen molar-refractivity contribution in [3.8, 4) is 0 Å². The van der Waals surface area contributed by atoms with Gasteiger partial charge in [-0.05, 0) is 0 Å². The zero-order valence-electron chi connectivity index (χ0n) is 5.78. The average Bonchev–Trinajstić information content (AvgIpc) is 2.52. The summed E-state index contributed by atoms with van der Waals surface area (Å²) in [7, 11) is 0. The van der Waals surface area contributed by atoms with Crippen LogP contribution >= 0.6 is 11.7 Å². The Hall–Kier alpha value is -1.01. The molecule has 0 aliphatic carbocycles. The van der Waals surface area contributed by atoms with Crippen LogP contribution in [-0.2, 0) is 0 Å². The van der Waals surface area contributed by atoms with Gasteiger partial charge in [-0.15, -0.1) is 0 Å². The Bertz CT molecular complexity index is 222. The Morgan fingerprint density at radius 1 is 1.82 bits per heavy atom. The second-order valence-corrected chi connectivity index (χ2v) is 2.39. The lowest BCUT2D eigenvalue weighted by atomic mass is 10.4. The highest BCUT2D eigenvalue weighted by Gasteiger charge is 2.05. The zero-order valence-corrected chi connectivity index (χ0v) is 6.60. The lowest BCUT2D eigenvalue weighted by molar-refractivity contribution is 0.0950. The van der Waals surface area contributed by atoms with Gasteiger partial charge in [-0.25, -0.2) is 0 Å². The van der Waals surface area contributed by atoms with E-state index < -0.39 is 0 Å². The first-order valence-electron chi connectivity index (χ1n) is 3.10. The molecule has 11 heavy (non-hydrogen) atoms. The van der Waals surface area contributed by atoms with Crippen LogP contribution in [0, 0.1) is 0 Å². The van der Waals surface area contributed by atoms with Gasteiger partial charge in [0.25, 0.3) is 5.91 Å². The van der Waals surface area contributed by atoms with Crippen molar-refractivity contribution in [2.75, 3.05) is 13.1 Å². The van der Waals surface area contributed by atoms with Crippen molar-refractivity contribution in [3.05, 3.63) is 11.9 Å². The van der Waals surface area contributed by atoms with Crippen molar-refractivity contribution in [2.24, 2.45) is 5.73 Å². The van der Waals surface area contributed by atoms with Crippen LogP contribution in [-0.4, -0.2) is 27.7 Å². The maximum Gasteiger partial charge on any atom is 0.272 e. The summed E-state index contributed by atoms with van der Waals surface area (Å²) in [6, 6.07) is 0. The summed E-state index contributed by atoms with van der Waals surface area (Å²) in [4.78, 5) is 11.0. The molecule has 0 saturated carbocycles. The van der Waals surface area contributed by atoms with Gasteiger partial charge in [0.1, 0.15) is 0 Å². The third-order valence-corrected chi connectivity index (χ3v) is 1.50. The molecule has 0 unspecified atom stereocenters. The van der Waals surface area contributed by atoms with Crippen molar-refractivity contribution >= 4 is 17.6 Å². The van der Waals surface area contributed by atoms with Gasteiger partial charge >= 0.3 is 0 Å². The molecule has 0 aliphatic heterocycles. The van der Waals surface area contributed by atoms with Crippen molar-refractivity contribution in [1.29, 1.82) is 0 Å². The summed E-state index contributed by atoms with van der Waals surface area (Å²) in [5.74, 6) is -0.218. The molecular formula is C5H8N4OS. The van der Waals surface area contributed by atoms with E-state index >= 15 is 0 Å². The highest BCUT2D eigenvalue weighted by atomic mass is 32.1. The molecule has 0 spiro atoms. The lowest BCUT2D eigenvalue weighted by Gasteiger charge is -1.97. The summed E-state index contributed by atoms with van der Waals surface area (Å²) in [6.45, 7) is 0.902. The van der Waals surface area contributed by atoms with Crippen LogP contribution in [0.2, 0.25) is 0 Å². The number of amides is 1. The highest BCUT2D eigenvalue weighted by Crippen LogP contribution is 1.93. The Morgan fingerprint density at radius 2 is 2.64 bits per heavy atom. The van der Waals surface area contributed by atoms with Crippen LogP contribution in [0.25, 0.3) is 0 Å². The first-order valence-corrected chi connectivity index (χ1v) is 3.83. The third kappa shape index (κ3) is 2.24. The fourth-order valence-corrected chi connectivity index (χ4v) is 0.953. The van der Waals surface area contributed by atoms with Crippen LogP contribution < -0.4 is 11.1 Å². The van der Waals surface area contributed by atoms with Crippen LogP contribution in [0.4, 0.5) is 0 Å². The maximum atomic E-state index is 11.0. The van der Waals surface area contributed by atoms with Gasteiger partial charge in [0, 0.05) is 13.1 Å². The van der Waals surface area contributed by atoms with E-state index in [1.54, 1.807) is 0 Å². The normalized spacial score (nSPS) is 9.55. The Morgan fingerprint density at radius 3 is 3.18 bits per heavy atom. The predicted octanol–water partition coefficient (Wildman–Crippen LogP) is -0.773. The van der Waals surface area contributed by atoms with E-state index in [0.717, 1.165) is 11.7 Å². The van der Waals surface area contributed by atoms with Crippen LogP contribution in [0.1, 0.15) is 10.5 Å². The van der Waals surface area contributed by atoms with Gasteiger partial charge in [-0.3, -0.25) is 4.79 Å². The molecular weight excluding hydrogens is 164 g/mol. The molecule has 0 bridgehead atoms. The molecule has 5 nitrogen and oxygen atoms in total. The fourth-order valence-electron chi connectivity index (χ4n) is 0.541. The minimum atomic E-state index is -0.218. The topological polar surface area (TPSA) is 80.9 Å². The molecule has 1 rings (SSSR count). The number of hydrogen-bond donors (Lipinski definition) is 2. The number of nitrogens with zero attached hydrogens (tertiary/aromatic N) is 2. The molecule has 0 aromatic carbocycles. The van der Waals surface area contributed by atoms with Crippen molar-refractivity contribution < 1.29 is 4.79 Å². The molecule has 0 atom stereocenters. The summed E-state index contributed by atoms with van der Waals surface area (Å²) in [6.07, 6.45) is 1.43. The first kappa shape index (κ1) is 8.09. The average molecular weight is 172 g/mol. The van der Waals surface area contributed by atoms with E-state index in [1.807, 2.05) is 0 Å². The molecule has 0 fully saturated rings. The largest absolute Gasteiger partial charge is 0.349 e. The SMILES string of the molecule is NCCNC(=O)c1cnsn1. The van der Waals surface area contributed by atoms with Gasteiger partial charge in [0.05, 0.1) is 17.9 Å². The molecule has 0 aliphatic rings. The number of hydrogen-bond acceptors (Lipinski definition) is 5. The van der Waals surface area contributed by atoms with Crippen LogP contribution in [0.3, 0.4) is 0 Å². The quantitative estimate of drug-likeness (QED) is 0.627. The molecule has 6 heteroatoms. The minimum Gasteiger partial charge on any atom is -0.349 e. The monoisotopic (exact) mass is 172 g/mol. The number of nitrogens with two attached hydrogens (primary N) is 1. The number of rotatable bonds is 3. The predicted molar refractivity (Wildman–Crippen MR) is 41.3 cm³/mol. The molecule has 3 N–H and O–H groups in total. The summed E-state index contributed by atoms with van der Waals surface area (Å²) in [5, 5.41) is 2.57. The molecule has 1 amide bonds. The molecule has 60 valence electrons. The summed E-state index contributed by atoms with van der Waals surface area (Å²) in [5.41, 5.74) is 5.53. The van der Waals surface area contributed by atoms with E-state index in [9.17, 15) is 4.79 Å². The van der Waals surface area contributed by atoms with E-state index in [-0.39, 0.29) is 5.91 Å². The van der Waals surface area contributed by atoms with E-state index in [2.05, 4.69) is 14.1 Å². The van der Waals surface area contributed by atoms with Gasteiger partial charge < -0.3 is 11.1 Å². The minimum absolute atomic E-state index is 0.218. The van der Waals surface area contributed by atoms with Gasteiger partial charge in [0.15, 0.2) is 5.69 Å². The third-order valence-electron chi connectivity index (χ3n) is 1.02.